The molecule has 1 aromatic carbocycles. The van der Waals surface area contributed by atoms with Gasteiger partial charge in [-0.3, -0.25) is 9.59 Å². The molecule has 0 aliphatic heterocycles. The second kappa shape index (κ2) is 8.29. The Morgan fingerprint density at radius 1 is 1.20 bits per heavy atom. The first kappa shape index (κ1) is 19.9. The Morgan fingerprint density at radius 2 is 1.84 bits per heavy atom. The summed E-state index contributed by atoms with van der Waals surface area (Å²) in [5, 5.41) is 5.36. The number of sulfonamides is 1. The topological polar surface area (TPSA) is 104 Å². The lowest BCUT2D eigenvalue weighted by atomic mass is 10.2. The lowest BCUT2D eigenvalue weighted by Gasteiger charge is -2.11. The molecule has 9 heteroatoms. The van der Waals surface area contributed by atoms with Gasteiger partial charge in [-0.15, -0.1) is 0 Å². The van der Waals surface area contributed by atoms with Crippen molar-refractivity contribution in [3.8, 4) is 0 Å². The largest absolute Gasteiger partial charge is 0.354 e. The van der Waals surface area contributed by atoms with Crippen LogP contribution in [0.15, 0.2) is 27.6 Å². The fraction of sp³-hybridized carbons (Fsp3) is 0.500. The number of hydrogen-bond donors (Lipinski definition) is 3. The molecule has 0 spiro atoms. The molecule has 1 fully saturated rings. The number of amides is 2. The average Bonchev–Trinajstić information content (AvgIpc) is 3.34. The van der Waals surface area contributed by atoms with Crippen LogP contribution >= 0.6 is 15.9 Å². The monoisotopic (exact) mass is 431 g/mol. The summed E-state index contributed by atoms with van der Waals surface area (Å²) in [5.41, 5.74) is 0.230. The first-order valence-corrected chi connectivity index (χ1v) is 10.4. The molecule has 1 aliphatic carbocycles. The van der Waals surface area contributed by atoms with Gasteiger partial charge in [-0.1, -0.05) is 13.8 Å². The molecule has 0 radical (unpaired) electrons. The number of hydrogen-bond acceptors (Lipinski definition) is 4. The minimum atomic E-state index is -3.62. The third-order valence-electron chi connectivity index (χ3n) is 3.63. The van der Waals surface area contributed by atoms with E-state index >= 15 is 0 Å². The standard InChI is InChI=1S/C16H22BrN3O4S/c1-10(2)15(21)18-7-8-19-16(22)13-9-12(5-6-14(13)17)25(23,24)20-11-3-4-11/h5-6,9-11,20H,3-4,7-8H2,1-2H3,(H,18,21)(H,19,22). The van der Waals surface area contributed by atoms with E-state index in [1.54, 1.807) is 13.8 Å². The van der Waals surface area contributed by atoms with Crippen LogP contribution < -0.4 is 15.4 Å². The van der Waals surface area contributed by atoms with Crippen LogP contribution in [-0.4, -0.2) is 39.4 Å². The van der Waals surface area contributed by atoms with Crippen molar-refractivity contribution in [1.29, 1.82) is 0 Å². The average molecular weight is 432 g/mol. The van der Waals surface area contributed by atoms with E-state index < -0.39 is 15.9 Å². The van der Waals surface area contributed by atoms with E-state index in [-0.39, 0.29) is 34.9 Å². The normalized spacial score (nSPS) is 14.4. The Hall–Kier alpha value is -1.45. The van der Waals surface area contributed by atoms with Crippen LogP contribution in [0.1, 0.15) is 37.0 Å². The molecule has 0 saturated heterocycles. The molecule has 0 bridgehead atoms. The van der Waals surface area contributed by atoms with Gasteiger partial charge < -0.3 is 10.6 Å². The number of benzene rings is 1. The number of halogens is 1. The number of carbonyl (C=O) groups excluding carboxylic acids is 2. The molecule has 138 valence electrons. The van der Waals surface area contributed by atoms with E-state index in [4.69, 9.17) is 0 Å². The molecule has 1 aliphatic rings. The van der Waals surface area contributed by atoms with Crippen LogP contribution in [0.3, 0.4) is 0 Å². The Kier molecular flexibility index (Phi) is 6.59. The highest BCUT2D eigenvalue weighted by Gasteiger charge is 2.28. The maximum atomic E-state index is 12.3. The first-order valence-electron chi connectivity index (χ1n) is 8.08. The van der Waals surface area contributed by atoms with E-state index in [0.29, 0.717) is 11.0 Å². The van der Waals surface area contributed by atoms with Crippen molar-refractivity contribution in [2.75, 3.05) is 13.1 Å². The molecule has 2 amide bonds. The summed E-state index contributed by atoms with van der Waals surface area (Å²) in [5.74, 6) is -0.616. The van der Waals surface area contributed by atoms with Crippen molar-refractivity contribution in [1.82, 2.24) is 15.4 Å². The van der Waals surface area contributed by atoms with Gasteiger partial charge in [0, 0.05) is 29.5 Å². The van der Waals surface area contributed by atoms with Gasteiger partial charge in [0.25, 0.3) is 5.91 Å². The minimum Gasteiger partial charge on any atom is -0.354 e. The van der Waals surface area contributed by atoms with Crippen LogP contribution in [0.2, 0.25) is 0 Å². The van der Waals surface area contributed by atoms with E-state index in [9.17, 15) is 18.0 Å². The number of nitrogens with one attached hydrogen (secondary N) is 3. The minimum absolute atomic E-state index is 0.00417. The SMILES string of the molecule is CC(C)C(=O)NCCNC(=O)c1cc(S(=O)(=O)NC2CC2)ccc1Br. The van der Waals surface area contributed by atoms with Crippen LogP contribution in [0, 0.1) is 5.92 Å². The fourth-order valence-corrected chi connectivity index (χ4v) is 3.75. The molecule has 3 N–H and O–H groups in total. The van der Waals surface area contributed by atoms with Crippen molar-refractivity contribution in [3.05, 3.63) is 28.2 Å². The predicted molar refractivity (Wildman–Crippen MR) is 97.7 cm³/mol. The lowest BCUT2D eigenvalue weighted by molar-refractivity contribution is -0.123. The lowest BCUT2D eigenvalue weighted by Crippen LogP contribution is -2.36. The fourth-order valence-electron chi connectivity index (χ4n) is 2.00. The molecule has 1 aromatic rings. The third-order valence-corrected chi connectivity index (χ3v) is 5.84. The maximum absolute atomic E-state index is 12.3. The Bertz CT molecular complexity index is 761. The van der Waals surface area contributed by atoms with Gasteiger partial charge in [0.05, 0.1) is 10.5 Å². The number of rotatable bonds is 8. The van der Waals surface area contributed by atoms with Crippen LogP contribution in [0.4, 0.5) is 0 Å². The highest BCUT2D eigenvalue weighted by Crippen LogP contribution is 2.25. The molecule has 1 saturated carbocycles. The summed E-state index contributed by atoms with van der Waals surface area (Å²) < 4.78 is 27.6. The summed E-state index contributed by atoms with van der Waals surface area (Å²) in [4.78, 5) is 23.8. The second-order valence-corrected chi connectivity index (χ2v) is 8.81. The maximum Gasteiger partial charge on any atom is 0.252 e. The van der Waals surface area contributed by atoms with E-state index in [1.165, 1.54) is 18.2 Å². The predicted octanol–water partition coefficient (Wildman–Crippen LogP) is 1.39. The highest BCUT2D eigenvalue weighted by molar-refractivity contribution is 9.10. The van der Waals surface area contributed by atoms with E-state index in [2.05, 4.69) is 31.3 Å². The quantitative estimate of drug-likeness (QED) is 0.540. The van der Waals surface area contributed by atoms with Crippen molar-refractivity contribution in [2.45, 2.75) is 37.6 Å². The summed E-state index contributed by atoms with van der Waals surface area (Å²) in [6, 6.07) is 4.33. The summed E-state index contributed by atoms with van der Waals surface area (Å²) >= 11 is 3.27. The highest BCUT2D eigenvalue weighted by atomic mass is 79.9. The molecular formula is C16H22BrN3O4S. The Balaban J connectivity index is 1.99. The van der Waals surface area contributed by atoms with Gasteiger partial charge in [0.15, 0.2) is 0 Å². The van der Waals surface area contributed by atoms with Gasteiger partial charge in [-0.25, -0.2) is 13.1 Å². The Morgan fingerprint density at radius 3 is 2.44 bits per heavy atom. The van der Waals surface area contributed by atoms with Crippen molar-refractivity contribution >= 4 is 37.8 Å². The first-order chi connectivity index (χ1) is 11.7. The van der Waals surface area contributed by atoms with Gasteiger partial charge in [0.2, 0.25) is 15.9 Å². The summed E-state index contributed by atoms with van der Waals surface area (Å²) in [7, 11) is -3.62. The Labute approximate surface area is 156 Å². The molecule has 0 heterocycles. The van der Waals surface area contributed by atoms with Crippen LogP contribution in [0.25, 0.3) is 0 Å². The molecule has 25 heavy (non-hydrogen) atoms. The summed E-state index contributed by atoms with van der Waals surface area (Å²) in [6.45, 7) is 4.13. The van der Waals surface area contributed by atoms with Crippen LogP contribution in [-0.2, 0) is 14.8 Å². The molecule has 2 rings (SSSR count). The zero-order valence-corrected chi connectivity index (χ0v) is 16.5. The number of carbonyl (C=O) groups is 2. The van der Waals surface area contributed by atoms with Crippen molar-refractivity contribution < 1.29 is 18.0 Å². The zero-order valence-electron chi connectivity index (χ0n) is 14.1. The van der Waals surface area contributed by atoms with Gasteiger partial charge in [0.1, 0.15) is 0 Å². The van der Waals surface area contributed by atoms with Crippen molar-refractivity contribution in [3.63, 3.8) is 0 Å². The smallest absolute Gasteiger partial charge is 0.252 e. The molecule has 0 unspecified atom stereocenters. The zero-order chi connectivity index (χ0) is 18.6. The second-order valence-electron chi connectivity index (χ2n) is 6.24. The molecule has 0 atom stereocenters. The van der Waals surface area contributed by atoms with E-state index in [0.717, 1.165) is 12.8 Å². The van der Waals surface area contributed by atoms with E-state index in [1.807, 2.05) is 0 Å². The van der Waals surface area contributed by atoms with Crippen molar-refractivity contribution in [2.24, 2.45) is 5.92 Å². The molecule has 0 aromatic heterocycles. The van der Waals surface area contributed by atoms with Gasteiger partial charge >= 0.3 is 0 Å². The van der Waals surface area contributed by atoms with Gasteiger partial charge in [-0.05, 0) is 47.0 Å². The van der Waals surface area contributed by atoms with Gasteiger partial charge in [-0.2, -0.15) is 0 Å². The molecule has 7 nitrogen and oxygen atoms in total. The molecular weight excluding hydrogens is 410 g/mol. The van der Waals surface area contributed by atoms with Crippen LogP contribution in [0.5, 0.6) is 0 Å². The summed E-state index contributed by atoms with van der Waals surface area (Å²) in [6.07, 6.45) is 1.68. The third kappa shape index (κ3) is 5.79.